The van der Waals surface area contributed by atoms with Crippen molar-refractivity contribution >= 4 is 29.0 Å². The fourth-order valence-electron chi connectivity index (χ4n) is 2.75. The summed E-state index contributed by atoms with van der Waals surface area (Å²) < 4.78 is 0. The number of amides is 3. The predicted molar refractivity (Wildman–Crippen MR) is 100 cm³/mol. The summed E-state index contributed by atoms with van der Waals surface area (Å²) >= 11 is 1.48. The molecule has 132 valence electrons. The average Bonchev–Trinajstić information content (AvgIpc) is 3.17. The lowest BCUT2D eigenvalue weighted by molar-refractivity contribution is 0.0644. The molecule has 7 heteroatoms. The third-order valence-corrected chi connectivity index (χ3v) is 4.99. The number of piperazine rings is 1. The first-order valence-corrected chi connectivity index (χ1v) is 9.25. The second-order valence-corrected chi connectivity index (χ2v) is 6.81. The number of carbonyl (C=O) groups excluding carboxylic acids is 2. The lowest BCUT2D eigenvalue weighted by Crippen LogP contribution is -2.50. The van der Waals surface area contributed by atoms with Crippen LogP contribution in [-0.2, 0) is 0 Å². The zero-order valence-corrected chi connectivity index (χ0v) is 14.8. The summed E-state index contributed by atoms with van der Waals surface area (Å²) in [7, 11) is 0. The maximum atomic E-state index is 12.3. The van der Waals surface area contributed by atoms with Crippen LogP contribution in [0.2, 0.25) is 0 Å². The van der Waals surface area contributed by atoms with E-state index in [1.165, 1.54) is 11.3 Å². The van der Waals surface area contributed by atoms with E-state index in [4.69, 9.17) is 0 Å². The monoisotopic (exact) mass is 358 g/mol. The molecule has 1 fully saturated rings. The van der Waals surface area contributed by atoms with Crippen LogP contribution in [0.25, 0.3) is 0 Å². The van der Waals surface area contributed by atoms with E-state index in [-0.39, 0.29) is 11.9 Å². The highest BCUT2D eigenvalue weighted by Gasteiger charge is 2.22. The van der Waals surface area contributed by atoms with E-state index in [2.05, 4.69) is 15.5 Å². The summed E-state index contributed by atoms with van der Waals surface area (Å²) in [6, 6.07) is 12.9. The van der Waals surface area contributed by atoms with Crippen LogP contribution in [0.4, 0.5) is 10.5 Å². The van der Waals surface area contributed by atoms with Crippen molar-refractivity contribution in [1.82, 2.24) is 15.1 Å². The van der Waals surface area contributed by atoms with Gasteiger partial charge in [0, 0.05) is 45.0 Å². The van der Waals surface area contributed by atoms with E-state index in [1.807, 2.05) is 52.7 Å². The van der Waals surface area contributed by atoms with Crippen molar-refractivity contribution in [2.45, 2.75) is 0 Å². The van der Waals surface area contributed by atoms with E-state index in [0.717, 1.165) is 43.3 Å². The Hall–Kier alpha value is -2.38. The summed E-state index contributed by atoms with van der Waals surface area (Å²) in [5, 5.41) is 7.59. The molecule has 1 saturated heterocycles. The Morgan fingerprint density at radius 2 is 1.76 bits per heavy atom. The second kappa shape index (κ2) is 8.64. The zero-order chi connectivity index (χ0) is 17.5. The van der Waals surface area contributed by atoms with Gasteiger partial charge >= 0.3 is 6.03 Å². The minimum Gasteiger partial charge on any atom is -0.337 e. The first kappa shape index (κ1) is 17.4. The standard InChI is InChI=1S/C18H22N4O2S/c23-17(16-7-4-14-25-16)22-12-10-21(11-13-22)9-8-19-18(24)20-15-5-2-1-3-6-15/h1-7,14H,8-13H2,(H2,19,20,24). The van der Waals surface area contributed by atoms with Crippen LogP contribution in [0.5, 0.6) is 0 Å². The van der Waals surface area contributed by atoms with E-state index >= 15 is 0 Å². The molecular weight excluding hydrogens is 336 g/mol. The van der Waals surface area contributed by atoms with Gasteiger partial charge in [-0.3, -0.25) is 9.69 Å². The molecular formula is C18H22N4O2S. The zero-order valence-electron chi connectivity index (χ0n) is 14.0. The molecule has 3 amide bonds. The molecule has 3 rings (SSSR count). The number of rotatable bonds is 5. The molecule has 0 aliphatic carbocycles. The van der Waals surface area contributed by atoms with Gasteiger partial charge in [-0.05, 0) is 23.6 Å². The van der Waals surface area contributed by atoms with E-state index < -0.39 is 0 Å². The van der Waals surface area contributed by atoms with Crippen LogP contribution in [0.3, 0.4) is 0 Å². The molecule has 1 aliphatic rings. The highest BCUT2D eigenvalue weighted by Crippen LogP contribution is 2.13. The van der Waals surface area contributed by atoms with Crippen molar-refractivity contribution in [2.75, 3.05) is 44.6 Å². The van der Waals surface area contributed by atoms with Crippen LogP contribution in [0.1, 0.15) is 9.67 Å². The number of hydrogen-bond donors (Lipinski definition) is 2. The molecule has 1 aromatic carbocycles. The van der Waals surface area contributed by atoms with Gasteiger partial charge in [-0.2, -0.15) is 0 Å². The Morgan fingerprint density at radius 3 is 2.44 bits per heavy atom. The molecule has 25 heavy (non-hydrogen) atoms. The van der Waals surface area contributed by atoms with Gasteiger partial charge in [0.2, 0.25) is 0 Å². The SMILES string of the molecule is O=C(NCCN1CCN(C(=O)c2cccs2)CC1)Nc1ccccc1. The Balaban J connectivity index is 1.34. The summed E-state index contributed by atoms with van der Waals surface area (Å²) in [5.41, 5.74) is 0.778. The number of thiophene rings is 1. The molecule has 6 nitrogen and oxygen atoms in total. The van der Waals surface area contributed by atoms with Crippen molar-refractivity contribution in [3.8, 4) is 0 Å². The molecule has 0 atom stereocenters. The van der Waals surface area contributed by atoms with Crippen molar-refractivity contribution in [3.05, 3.63) is 52.7 Å². The molecule has 1 aliphatic heterocycles. The van der Waals surface area contributed by atoms with Gasteiger partial charge < -0.3 is 15.5 Å². The maximum Gasteiger partial charge on any atom is 0.319 e. The normalized spacial score (nSPS) is 15.0. The quantitative estimate of drug-likeness (QED) is 0.862. The molecule has 0 spiro atoms. The third kappa shape index (κ3) is 5.04. The number of hydrogen-bond acceptors (Lipinski definition) is 4. The Labute approximate surface area is 151 Å². The largest absolute Gasteiger partial charge is 0.337 e. The van der Waals surface area contributed by atoms with Crippen molar-refractivity contribution in [3.63, 3.8) is 0 Å². The Morgan fingerprint density at radius 1 is 1.00 bits per heavy atom. The van der Waals surface area contributed by atoms with Crippen molar-refractivity contribution < 1.29 is 9.59 Å². The van der Waals surface area contributed by atoms with Crippen LogP contribution < -0.4 is 10.6 Å². The van der Waals surface area contributed by atoms with Crippen molar-refractivity contribution in [2.24, 2.45) is 0 Å². The average molecular weight is 358 g/mol. The lowest BCUT2D eigenvalue weighted by atomic mass is 10.3. The molecule has 0 radical (unpaired) electrons. The number of anilines is 1. The summed E-state index contributed by atoms with van der Waals surface area (Å²) in [6.07, 6.45) is 0. The first-order chi connectivity index (χ1) is 12.2. The van der Waals surface area contributed by atoms with E-state index in [0.29, 0.717) is 6.54 Å². The fraction of sp³-hybridized carbons (Fsp3) is 0.333. The number of para-hydroxylation sites is 1. The molecule has 0 saturated carbocycles. The molecule has 0 bridgehead atoms. The van der Waals surface area contributed by atoms with Gasteiger partial charge in [-0.1, -0.05) is 24.3 Å². The van der Waals surface area contributed by atoms with Gasteiger partial charge in [-0.15, -0.1) is 11.3 Å². The van der Waals surface area contributed by atoms with Gasteiger partial charge in [0.25, 0.3) is 5.91 Å². The van der Waals surface area contributed by atoms with Gasteiger partial charge in [0.15, 0.2) is 0 Å². The number of urea groups is 1. The first-order valence-electron chi connectivity index (χ1n) is 8.37. The molecule has 0 unspecified atom stereocenters. The maximum absolute atomic E-state index is 12.3. The minimum atomic E-state index is -0.197. The highest BCUT2D eigenvalue weighted by molar-refractivity contribution is 7.12. The van der Waals surface area contributed by atoms with Crippen LogP contribution in [0, 0.1) is 0 Å². The Bertz CT molecular complexity index is 682. The van der Waals surface area contributed by atoms with Crippen LogP contribution in [-0.4, -0.2) is 61.0 Å². The smallest absolute Gasteiger partial charge is 0.319 e. The molecule has 2 aromatic rings. The predicted octanol–water partition coefficient (Wildman–Crippen LogP) is 2.33. The number of carbonyl (C=O) groups is 2. The number of benzene rings is 1. The van der Waals surface area contributed by atoms with Crippen LogP contribution in [0.15, 0.2) is 47.8 Å². The summed E-state index contributed by atoms with van der Waals surface area (Å²) in [5.74, 6) is 0.120. The van der Waals surface area contributed by atoms with Crippen molar-refractivity contribution in [1.29, 1.82) is 0 Å². The van der Waals surface area contributed by atoms with E-state index in [1.54, 1.807) is 0 Å². The van der Waals surface area contributed by atoms with Gasteiger partial charge in [0.1, 0.15) is 0 Å². The Kier molecular flexibility index (Phi) is 6.03. The minimum absolute atomic E-state index is 0.120. The number of nitrogens with one attached hydrogen (secondary N) is 2. The molecule has 2 N–H and O–H groups in total. The van der Waals surface area contributed by atoms with Crippen LogP contribution >= 0.6 is 11.3 Å². The fourth-order valence-corrected chi connectivity index (χ4v) is 3.45. The molecule has 1 aromatic heterocycles. The van der Waals surface area contributed by atoms with E-state index in [9.17, 15) is 9.59 Å². The topological polar surface area (TPSA) is 64.7 Å². The van der Waals surface area contributed by atoms with Gasteiger partial charge in [0.05, 0.1) is 4.88 Å². The lowest BCUT2D eigenvalue weighted by Gasteiger charge is -2.34. The third-order valence-electron chi connectivity index (χ3n) is 4.14. The number of nitrogens with zero attached hydrogens (tertiary/aromatic N) is 2. The summed E-state index contributed by atoms with van der Waals surface area (Å²) in [6.45, 7) is 4.48. The van der Waals surface area contributed by atoms with Gasteiger partial charge in [-0.25, -0.2) is 4.79 Å². The summed E-state index contributed by atoms with van der Waals surface area (Å²) in [4.78, 5) is 29.1. The molecule has 2 heterocycles. The second-order valence-electron chi connectivity index (χ2n) is 5.86. The highest BCUT2D eigenvalue weighted by atomic mass is 32.1.